The molecule has 0 radical (unpaired) electrons. The number of rotatable bonds is 2. The van der Waals surface area contributed by atoms with Gasteiger partial charge in [0.2, 0.25) is 5.96 Å². The number of hydrogen-bond acceptors (Lipinski definition) is 6. The minimum Gasteiger partial charge on any atom is -0.444 e. The van der Waals surface area contributed by atoms with Gasteiger partial charge in [-0.2, -0.15) is 0 Å². The van der Waals surface area contributed by atoms with E-state index < -0.39 is 29.3 Å². The number of carbonyl (C=O) groups is 2. The molecule has 0 aromatic heterocycles. The first kappa shape index (κ1) is 19.2. The third-order valence-corrected chi connectivity index (χ3v) is 1.83. The molecule has 0 atom stereocenters. The maximum atomic E-state index is 11.9. The number of aliphatic hydroxyl groups is 1. The molecular formula is C13H25N3O5. The second-order valence-electron chi connectivity index (χ2n) is 6.33. The highest BCUT2D eigenvalue weighted by atomic mass is 16.6. The molecule has 2 amide bonds. The van der Waals surface area contributed by atoms with Crippen LogP contribution in [0.4, 0.5) is 9.59 Å². The summed E-state index contributed by atoms with van der Waals surface area (Å²) in [6, 6.07) is 0. The molecule has 0 fully saturated rings. The smallest absolute Gasteiger partial charge is 0.417 e. The quantitative estimate of drug-likeness (QED) is 0.530. The fraction of sp³-hybridized carbons (Fsp3) is 0.769. The highest BCUT2D eigenvalue weighted by Crippen LogP contribution is 2.10. The van der Waals surface area contributed by atoms with Crippen molar-refractivity contribution in [3.05, 3.63) is 0 Å². The average molecular weight is 303 g/mol. The minimum absolute atomic E-state index is 0.177. The molecule has 0 aliphatic carbocycles. The van der Waals surface area contributed by atoms with Crippen LogP contribution in [0.3, 0.4) is 0 Å². The topological polar surface area (TPSA) is 112 Å². The van der Waals surface area contributed by atoms with Gasteiger partial charge in [0.25, 0.3) is 0 Å². The van der Waals surface area contributed by atoms with Crippen LogP contribution in [0, 0.1) is 5.41 Å². The second-order valence-corrected chi connectivity index (χ2v) is 6.33. The van der Waals surface area contributed by atoms with Crippen LogP contribution in [0.1, 0.15) is 41.5 Å². The molecule has 0 aliphatic heterocycles. The van der Waals surface area contributed by atoms with Crippen molar-refractivity contribution in [2.75, 3.05) is 13.2 Å². The molecule has 3 N–H and O–H groups in total. The van der Waals surface area contributed by atoms with Crippen molar-refractivity contribution < 1.29 is 24.2 Å². The Morgan fingerprint density at radius 3 is 1.95 bits per heavy atom. The minimum atomic E-state index is -0.862. The third kappa shape index (κ3) is 8.85. The van der Waals surface area contributed by atoms with Crippen LogP contribution in [0.15, 0.2) is 0 Å². The number of hydrogen-bond donors (Lipinski definition) is 3. The van der Waals surface area contributed by atoms with Gasteiger partial charge in [0.15, 0.2) is 0 Å². The standard InChI is InChI=1S/C13H25N3O5/c1-12(2,3)20-10(18)15-9(14)16(7-8-17)11(19)21-13(4,5)6/h17H,7-8H2,1-6H3,(H2,14,15,18). The van der Waals surface area contributed by atoms with Gasteiger partial charge >= 0.3 is 12.2 Å². The molecule has 0 aromatic rings. The van der Waals surface area contributed by atoms with Crippen LogP contribution in [0.2, 0.25) is 0 Å². The van der Waals surface area contributed by atoms with E-state index in [-0.39, 0.29) is 13.2 Å². The van der Waals surface area contributed by atoms with E-state index in [1.54, 1.807) is 41.5 Å². The Morgan fingerprint density at radius 2 is 1.57 bits per heavy atom. The van der Waals surface area contributed by atoms with Gasteiger partial charge in [-0.15, -0.1) is 0 Å². The van der Waals surface area contributed by atoms with E-state index in [9.17, 15) is 9.59 Å². The summed E-state index contributed by atoms with van der Waals surface area (Å²) in [7, 11) is 0. The number of ether oxygens (including phenoxy) is 2. The monoisotopic (exact) mass is 303 g/mol. The maximum absolute atomic E-state index is 11.9. The lowest BCUT2D eigenvalue weighted by Gasteiger charge is -2.27. The molecule has 8 heteroatoms. The van der Waals surface area contributed by atoms with Gasteiger partial charge in [-0.25, -0.2) is 14.5 Å². The molecule has 0 heterocycles. The number of amides is 2. The summed E-state index contributed by atoms with van der Waals surface area (Å²) in [6.07, 6.45) is -1.70. The summed E-state index contributed by atoms with van der Waals surface area (Å²) in [4.78, 5) is 24.3. The summed E-state index contributed by atoms with van der Waals surface area (Å²) in [5, 5.41) is 18.8. The van der Waals surface area contributed by atoms with Crippen molar-refractivity contribution in [1.29, 1.82) is 5.41 Å². The maximum Gasteiger partial charge on any atom is 0.417 e. The lowest BCUT2D eigenvalue weighted by Crippen LogP contribution is -2.50. The lowest BCUT2D eigenvalue weighted by molar-refractivity contribution is 0.0335. The van der Waals surface area contributed by atoms with E-state index >= 15 is 0 Å². The van der Waals surface area contributed by atoms with Crippen molar-refractivity contribution in [2.45, 2.75) is 52.7 Å². The number of aliphatic hydroxyl groups excluding tert-OH is 1. The van der Waals surface area contributed by atoms with Gasteiger partial charge in [0, 0.05) is 0 Å². The molecule has 0 aliphatic rings. The summed E-state index contributed by atoms with van der Waals surface area (Å²) < 4.78 is 10.1. The van der Waals surface area contributed by atoms with E-state index in [1.807, 2.05) is 0 Å². The van der Waals surface area contributed by atoms with Crippen molar-refractivity contribution >= 4 is 18.1 Å². The van der Waals surface area contributed by atoms with Crippen molar-refractivity contribution in [3.63, 3.8) is 0 Å². The van der Waals surface area contributed by atoms with E-state index in [0.29, 0.717) is 0 Å². The Balaban J connectivity index is 4.77. The van der Waals surface area contributed by atoms with E-state index in [0.717, 1.165) is 4.90 Å². The summed E-state index contributed by atoms with van der Waals surface area (Å²) in [5.74, 6) is -0.521. The first-order valence-electron chi connectivity index (χ1n) is 6.55. The predicted molar refractivity (Wildman–Crippen MR) is 77.1 cm³/mol. The summed E-state index contributed by atoms with van der Waals surface area (Å²) in [5.41, 5.74) is -1.48. The predicted octanol–water partition coefficient (Wildman–Crippen LogP) is 1.68. The average Bonchev–Trinajstić information content (AvgIpc) is 2.19. The van der Waals surface area contributed by atoms with Crippen LogP contribution < -0.4 is 5.32 Å². The first-order valence-corrected chi connectivity index (χ1v) is 6.55. The molecule has 0 unspecified atom stereocenters. The Kier molecular flexibility index (Phi) is 6.62. The van der Waals surface area contributed by atoms with Gasteiger partial charge in [-0.1, -0.05) is 0 Å². The molecule has 0 rings (SSSR count). The number of nitrogens with zero attached hydrogens (tertiary/aromatic N) is 1. The van der Waals surface area contributed by atoms with Gasteiger partial charge < -0.3 is 14.6 Å². The van der Waals surface area contributed by atoms with E-state index in [1.165, 1.54) is 0 Å². The number of nitrogens with one attached hydrogen (secondary N) is 2. The zero-order valence-corrected chi connectivity index (χ0v) is 13.4. The van der Waals surface area contributed by atoms with Crippen LogP contribution in [0.5, 0.6) is 0 Å². The van der Waals surface area contributed by atoms with Gasteiger partial charge in [-0.05, 0) is 41.5 Å². The van der Waals surface area contributed by atoms with E-state index in [2.05, 4.69) is 5.32 Å². The summed E-state index contributed by atoms with van der Waals surface area (Å²) >= 11 is 0. The Bertz CT molecular complexity index is 396. The molecule has 0 bridgehead atoms. The Labute approximate surface area is 124 Å². The van der Waals surface area contributed by atoms with Gasteiger partial charge in [0.05, 0.1) is 13.2 Å². The first-order chi connectivity index (χ1) is 9.35. The molecule has 0 spiro atoms. The second kappa shape index (κ2) is 7.26. The normalized spacial score (nSPS) is 11.6. The number of guanidine groups is 1. The largest absolute Gasteiger partial charge is 0.444 e. The third-order valence-electron chi connectivity index (χ3n) is 1.83. The SMILES string of the molecule is CC(C)(C)OC(=O)NC(=N)N(CCO)C(=O)OC(C)(C)C. The molecular weight excluding hydrogens is 278 g/mol. The molecule has 0 saturated heterocycles. The van der Waals surface area contributed by atoms with Crippen molar-refractivity contribution in [1.82, 2.24) is 10.2 Å². The molecule has 122 valence electrons. The fourth-order valence-electron chi connectivity index (χ4n) is 1.18. The Morgan fingerprint density at radius 1 is 1.10 bits per heavy atom. The fourth-order valence-corrected chi connectivity index (χ4v) is 1.18. The molecule has 21 heavy (non-hydrogen) atoms. The number of carbonyl (C=O) groups excluding carboxylic acids is 2. The molecule has 0 aromatic carbocycles. The van der Waals surface area contributed by atoms with Crippen LogP contribution >= 0.6 is 0 Å². The lowest BCUT2D eigenvalue weighted by atomic mass is 10.2. The molecule has 0 saturated carbocycles. The Hall–Kier alpha value is -1.83. The van der Waals surface area contributed by atoms with Gasteiger partial charge in [-0.3, -0.25) is 10.7 Å². The summed E-state index contributed by atoms with van der Waals surface area (Å²) in [6.45, 7) is 9.49. The molecule has 8 nitrogen and oxygen atoms in total. The van der Waals surface area contributed by atoms with Crippen LogP contribution in [-0.2, 0) is 9.47 Å². The zero-order valence-electron chi connectivity index (χ0n) is 13.4. The highest BCUT2D eigenvalue weighted by Gasteiger charge is 2.27. The number of alkyl carbamates (subject to hydrolysis) is 1. The van der Waals surface area contributed by atoms with E-state index in [4.69, 9.17) is 20.0 Å². The van der Waals surface area contributed by atoms with Gasteiger partial charge in [0.1, 0.15) is 11.2 Å². The zero-order chi connectivity index (χ0) is 16.8. The highest BCUT2D eigenvalue weighted by molar-refractivity contribution is 5.99. The van der Waals surface area contributed by atoms with Crippen molar-refractivity contribution in [3.8, 4) is 0 Å². The van der Waals surface area contributed by atoms with Crippen molar-refractivity contribution in [2.24, 2.45) is 0 Å². The van der Waals surface area contributed by atoms with Crippen LogP contribution in [0.25, 0.3) is 0 Å². The van der Waals surface area contributed by atoms with Crippen LogP contribution in [-0.4, -0.2) is 52.5 Å².